The second kappa shape index (κ2) is 47.7. The maximum atomic E-state index is 12.9. The number of hydrogen-bond donors (Lipinski definition) is 4. The molecule has 0 radical (unpaired) electrons. The topological polar surface area (TPSA) is 135 Å². The summed E-state index contributed by atoms with van der Waals surface area (Å²) in [6.07, 6.45) is 50.8. The average Bonchev–Trinajstić information content (AvgIpc) is 3.31. The van der Waals surface area contributed by atoms with Crippen molar-refractivity contribution in [3.05, 3.63) is 24.3 Å². The van der Waals surface area contributed by atoms with Gasteiger partial charge in [0.2, 0.25) is 0 Å². The number of rotatable bonds is 49. The maximum Gasteiger partial charge on any atom is 0.306 e. The van der Waals surface area contributed by atoms with Crippen LogP contribution in [0.2, 0.25) is 0 Å². The molecule has 1 aliphatic rings. The molecule has 0 bridgehead atoms. The monoisotopic (exact) mass is 923 g/mol. The van der Waals surface area contributed by atoms with Crippen LogP contribution in [0.1, 0.15) is 264 Å². The van der Waals surface area contributed by atoms with Crippen LogP contribution in [0.15, 0.2) is 24.3 Å². The minimum atomic E-state index is -1.54. The number of hydrogen-bond acceptors (Lipinski definition) is 9. The Labute approximate surface area is 400 Å². The highest BCUT2D eigenvalue weighted by molar-refractivity contribution is 5.69. The highest BCUT2D eigenvalue weighted by Gasteiger charge is 2.44. The Morgan fingerprint density at radius 1 is 0.492 bits per heavy atom. The zero-order chi connectivity index (χ0) is 47.1. The van der Waals surface area contributed by atoms with Crippen molar-refractivity contribution in [2.75, 3.05) is 26.4 Å². The first-order chi connectivity index (χ1) is 31.9. The first-order valence-corrected chi connectivity index (χ1v) is 27.9. The Bertz CT molecular complexity index is 1050. The highest BCUT2D eigenvalue weighted by atomic mass is 16.7. The predicted octanol–water partition coefficient (Wildman–Crippen LogP) is 14.1. The standard InChI is InChI=1S/C56H106O9/c1-3-5-7-9-11-13-15-17-19-21-23-24-25-26-27-29-31-33-35-37-39-41-43-45-52(58)64-50(49-63-56-55(61)54(60)53(59)51(47-57)65-56)48-62-46-44-42-40-38-36-34-32-30-28-22-20-18-16-14-12-10-8-6-4-2/h14,16,20,22,50-51,53-57,59-61H,3-13,15,17-19,21,23-49H2,1-2H3/b16-14-,22-20-. The van der Waals surface area contributed by atoms with E-state index in [1.807, 2.05) is 0 Å². The SMILES string of the molecule is CCCCCC/C=C\C/C=C\CCCCCCCCCCOCC(COC1OC(CO)C(O)C(O)C1O)OC(=O)CCCCCCCCCCCCCCCCCCCCCCCCC. The Morgan fingerprint density at radius 2 is 0.892 bits per heavy atom. The summed E-state index contributed by atoms with van der Waals surface area (Å²) in [7, 11) is 0. The van der Waals surface area contributed by atoms with E-state index >= 15 is 0 Å². The lowest BCUT2D eigenvalue weighted by atomic mass is 9.99. The van der Waals surface area contributed by atoms with Crippen LogP contribution in [0.25, 0.3) is 0 Å². The van der Waals surface area contributed by atoms with Gasteiger partial charge in [0.1, 0.15) is 30.5 Å². The fraction of sp³-hybridized carbons (Fsp3) is 0.911. The van der Waals surface area contributed by atoms with Crippen LogP contribution in [0.4, 0.5) is 0 Å². The Kier molecular flexibility index (Phi) is 45.3. The molecule has 6 unspecified atom stereocenters. The number of aliphatic hydroxyl groups is 4. The van der Waals surface area contributed by atoms with E-state index in [-0.39, 0.29) is 19.2 Å². The van der Waals surface area contributed by atoms with Gasteiger partial charge in [-0.3, -0.25) is 4.79 Å². The van der Waals surface area contributed by atoms with Gasteiger partial charge in [-0.25, -0.2) is 0 Å². The molecule has 9 nitrogen and oxygen atoms in total. The van der Waals surface area contributed by atoms with Crippen molar-refractivity contribution in [3.63, 3.8) is 0 Å². The van der Waals surface area contributed by atoms with Gasteiger partial charge in [-0.15, -0.1) is 0 Å². The van der Waals surface area contributed by atoms with Gasteiger partial charge in [0.15, 0.2) is 6.29 Å². The van der Waals surface area contributed by atoms with E-state index in [2.05, 4.69) is 38.2 Å². The van der Waals surface area contributed by atoms with Crippen molar-refractivity contribution in [2.24, 2.45) is 0 Å². The molecule has 1 aliphatic heterocycles. The summed E-state index contributed by atoms with van der Waals surface area (Å²) < 4.78 is 22.9. The number of carbonyl (C=O) groups excluding carboxylic acids is 1. The van der Waals surface area contributed by atoms with Crippen molar-refractivity contribution in [1.29, 1.82) is 0 Å². The van der Waals surface area contributed by atoms with Crippen molar-refractivity contribution in [1.82, 2.24) is 0 Å². The van der Waals surface area contributed by atoms with E-state index in [9.17, 15) is 25.2 Å². The summed E-state index contributed by atoms with van der Waals surface area (Å²) in [6, 6.07) is 0. The van der Waals surface area contributed by atoms with Gasteiger partial charge >= 0.3 is 5.97 Å². The first kappa shape index (κ1) is 61.7. The molecule has 0 aliphatic carbocycles. The van der Waals surface area contributed by atoms with Crippen LogP contribution < -0.4 is 0 Å². The molecule has 1 heterocycles. The van der Waals surface area contributed by atoms with Crippen LogP contribution in [0, 0.1) is 0 Å². The third-order valence-electron chi connectivity index (χ3n) is 13.1. The molecule has 0 amide bonds. The van der Waals surface area contributed by atoms with Crippen LogP contribution in [-0.2, 0) is 23.7 Å². The molecule has 9 heteroatoms. The average molecular weight is 923 g/mol. The number of allylic oxidation sites excluding steroid dienone is 4. The third-order valence-corrected chi connectivity index (χ3v) is 13.1. The first-order valence-electron chi connectivity index (χ1n) is 27.9. The van der Waals surface area contributed by atoms with Gasteiger partial charge < -0.3 is 39.4 Å². The molecule has 0 aromatic heterocycles. The van der Waals surface area contributed by atoms with Gasteiger partial charge in [-0.05, 0) is 44.9 Å². The second-order valence-electron chi connectivity index (χ2n) is 19.4. The molecule has 6 atom stereocenters. The van der Waals surface area contributed by atoms with Crippen LogP contribution >= 0.6 is 0 Å². The fourth-order valence-electron chi connectivity index (χ4n) is 8.76. The van der Waals surface area contributed by atoms with Gasteiger partial charge in [0, 0.05) is 13.0 Å². The lowest BCUT2D eigenvalue weighted by Gasteiger charge is -2.39. The molecule has 0 saturated carbocycles. The molecule has 1 saturated heterocycles. The van der Waals surface area contributed by atoms with E-state index in [4.69, 9.17) is 18.9 Å². The Balaban J connectivity index is 2.16. The molecule has 1 rings (SSSR count). The molecule has 1 fully saturated rings. The van der Waals surface area contributed by atoms with Gasteiger partial charge in [-0.1, -0.05) is 237 Å². The molecular formula is C56H106O9. The zero-order valence-corrected chi connectivity index (χ0v) is 42.5. The van der Waals surface area contributed by atoms with Crippen molar-refractivity contribution < 1.29 is 44.2 Å². The Morgan fingerprint density at radius 3 is 1.34 bits per heavy atom. The van der Waals surface area contributed by atoms with E-state index in [0.29, 0.717) is 13.0 Å². The second-order valence-corrected chi connectivity index (χ2v) is 19.4. The molecule has 0 spiro atoms. The van der Waals surface area contributed by atoms with Crippen molar-refractivity contribution in [2.45, 2.75) is 301 Å². The summed E-state index contributed by atoms with van der Waals surface area (Å²) in [5.74, 6) is -0.309. The number of ether oxygens (including phenoxy) is 4. The fourth-order valence-corrected chi connectivity index (χ4v) is 8.76. The van der Waals surface area contributed by atoms with E-state index in [1.54, 1.807) is 0 Å². The van der Waals surface area contributed by atoms with Gasteiger partial charge in [0.05, 0.1) is 19.8 Å². The maximum absolute atomic E-state index is 12.9. The number of aliphatic hydroxyl groups excluding tert-OH is 4. The molecule has 4 N–H and O–H groups in total. The summed E-state index contributed by atoms with van der Waals surface area (Å²) in [6.45, 7) is 4.58. The van der Waals surface area contributed by atoms with Crippen LogP contribution in [0.3, 0.4) is 0 Å². The summed E-state index contributed by atoms with van der Waals surface area (Å²) >= 11 is 0. The Hall–Kier alpha value is -1.33. The highest BCUT2D eigenvalue weighted by Crippen LogP contribution is 2.23. The number of unbranched alkanes of at least 4 members (excludes halogenated alkanes) is 34. The van der Waals surface area contributed by atoms with E-state index in [0.717, 1.165) is 38.5 Å². The minimum absolute atomic E-state index is 0.111. The number of esters is 1. The lowest BCUT2D eigenvalue weighted by molar-refractivity contribution is -0.305. The van der Waals surface area contributed by atoms with Gasteiger partial charge in [0.25, 0.3) is 0 Å². The smallest absolute Gasteiger partial charge is 0.306 e. The molecule has 65 heavy (non-hydrogen) atoms. The van der Waals surface area contributed by atoms with E-state index in [1.165, 1.54) is 205 Å². The molecular weight excluding hydrogens is 817 g/mol. The largest absolute Gasteiger partial charge is 0.457 e. The molecule has 384 valence electrons. The zero-order valence-electron chi connectivity index (χ0n) is 42.5. The van der Waals surface area contributed by atoms with Crippen molar-refractivity contribution in [3.8, 4) is 0 Å². The van der Waals surface area contributed by atoms with Gasteiger partial charge in [-0.2, -0.15) is 0 Å². The third kappa shape index (κ3) is 38.2. The van der Waals surface area contributed by atoms with Crippen molar-refractivity contribution >= 4 is 5.97 Å². The number of carbonyl (C=O) groups is 1. The van der Waals surface area contributed by atoms with Crippen LogP contribution in [-0.4, -0.2) is 89.6 Å². The molecule has 0 aromatic carbocycles. The minimum Gasteiger partial charge on any atom is -0.457 e. The lowest BCUT2D eigenvalue weighted by Crippen LogP contribution is -2.59. The van der Waals surface area contributed by atoms with Crippen LogP contribution in [0.5, 0.6) is 0 Å². The summed E-state index contributed by atoms with van der Waals surface area (Å²) in [5, 5.41) is 40.3. The predicted molar refractivity (Wildman–Crippen MR) is 270 cm³/mol. The van der Waals surface area contributed by atoms with E-state index < -0.39 is 43.4 Å². The summed E-state index contributed by atoms with van der Waals surface area (Å²) in [4.78, 5) is 12.9. The quantitative estimate of drug-likeness (QED) is 0.0267. The summed E-state index contributed by atoms with van der Waals surface area (Å²) in [5.41, 5.74) is 0. The molecule has 0 aromatic rings. The normalized spacial score (nSPS) is 19.5.